The highest BCUT2D eigenvalue weighted by Crippen LogP contribution is 2.21. The Balaban J connectivity index is 2.16. The Bertz CT molecular complexity index is 567. The molecule has 0 saturated carbocycles. The van der Waals surface area contributed by atoms with Crippen molar-refractivity contribution in [3.8, 4) is 5.75 Å². The van der Waals surface area contributed by atoms with Gasteiger partial charge in [0.2, 0.25) is 5.91 Å². The number of nitrogen functional groups attached to an aromatic ring is 1. The van der Waals surface area contributed by atoms with Gasteiger partial charge >= 0.3 is 0 Å². The molecule has 0 aliphatic rings. The minimum Gasteiger partial charge on any atom is -0.487 e. The molecule has 0 atom stereocenters. The van der Waals surface area contributed by atoms with Gasteiger partial charge in [0.15, 0.2) is 0 Å². The molecule has 0 aliphatic carbocycles. The van der Waals surface area contributed by atoms with E-state index in [4.69, 9.17) is 16.2 Å². The van der Waals surface area contributed by atoms with Crippen molar-refractivity contribution in [2.45, 2.75) is 6.61 Å². The summed E-state index contributed by atoms with van der Waals surface area (Å²) in [6.07, 6.45) is 0. The molecule has 0 aliphatic heterocycles. The van der Waals surface area contributed by atoms with E-state index < -0.39 is 5.91 Å². The number of rotatable bonds is 4. The monoisotopic (exact) mass is 242 g/mol. The van der Waals surface area contributed by atoms with Crippen LogP contribution in [-0.4, -0.2) is 5.91 Å². The van der Waals surface area contributed by atoms with E-state index in [-0.39, 0.29) is 6.61 Å². The molecule has 4 N–H and O–H groups in total. The number of primary amides is 1. The number of ether oxygens (including phenoxy) is 1. The second-order valence-electron chi connectivity index (χ2n) is 3.85. The van der Waals surface area contributed by atoms with Crippen LogP contribution in [0.25, 0.3) is 0 Å². The molecule has 0 heterocycles. The fourth-order valence-corrected chi connectivity index (χ4v) is 1.65. The van der Waals surface area contributed by atoms with Crippen molar-refractivity contribution in [3.63, 3.8) is 0 Å². The number of nitrogens with two attached hydrogens (primary N) is 2. The lowest BCUT2D eigenvalue weighted by molar-refractivity contribution is 0.0998. The van der Waals surface area contributed by atoms with E-state index in [1.807, 2.05) is 18.2 Å². The predicted octanol–water partition coefficient (Wildman–Crippen LogP) is 1.95. The molecule has 0 radical (unpaired) electrons. The third-order valence-corrected chi connectivity index (χ3v) is 2.59. The molecule has 92 valence electrons. The van der Waals surface area contributed by atoms with E-state index in [0.29, 0.717) is 17.0 Å². The summed E-state index contributed by atoms with van der Waals surface area (Å²) in [5, 5.41) is 0. The maximum atomic E-state index is 11.2. The molecule has 0 unspecified atom stereocenters. The Hall–Kier alpha value is -2.49. The standard InChI is InChI=1S/C14H14N2O2/c15-12-7-3-4-8-13(12)18-9-10-5-1-2-6-11(10)14(16)17/h1-8H,9,15H2,(H2,16,17). The number of para-hydroxylation sites is 2. The lowest BCUT2D eigenvalue weighted by Crippen LogP contribution is -2.14. The fraction of sp³-hybridized carbons (Fsp3) is 0.0714. The molecule has 4 heteroatoms. The van der Waals surface area contributed by atoms with Crippen molar-refractivity contribution in [2.75, 3.05) is 5.73 Å². The second kappa shape index (κ2) is 5.23. The Labute approximate surface area is 105 Å². The molecule has 0 spiro atoms. The highest BCUT2D eigenvalue weighted by Gasteiger charge is 2.08. The summed E-state index contributed by atoms with van der Waals surface area (Å²) in [4.78, 5) is 11.2. The molecule has 0 aromatic heterocycles. The summed E-state index contributed by atoms with van der Waals surface area (Å²) in [7, 11) is 0. The maximum Gasteiger partial charge on any atom is 0.249 e. The van der Waals surface area contributed by atoms with Gasteiger partial charge in [-0.1, -0.05) is 30.3 Å². The predicted molar refractivity (Wildman–Crippen MR) is 70.1 cm³/mol. The smallest absolute Gasteiger partial charge is 0.249 e. The van der Waals surface area contributed by atoms with Crippen molar-refractivity contribution in [1.82, 2.24) is 0 Å². The second-order valence-corrected chi connectivity index (χ2v) is 3.85. The van der Waals surface area contributed by atoms with E-state index >= 15 is 0 Å². The summed E-state index contributed by atoms with van der Waals surface area (Å²) >= 11 is 0. The molecule has 2 rings (SSSR count). The molecule has 18 heavy (non-hydrogen) atoms. The first kappa shape index (κ1) is 12.0. The highest BCUT2D eigenvalue weighted by atomic mass is 16.5. The molecule has 0 saturated heterocycles. The van der Waals surface area contributed by atoms with Gasteiger partial charge in [0, 0.05) is 11.1 Å². The highest BCUT2D eigenvalue weighted by molar-refractivity contribution is 5.94. The quantitative estimate of drug-likeness (QED) is 0.804. The zero-order valence-corrected chi connectivity index (χ0v) is 9.80. The van der Waals surface area contributed by atoms with Crippen molar-refractivity contribution < 1.29 is 9.53 Å². The van der Waals surface area contributed by atoms with Gasteiger partial charge in [-0.2, -0.15) is 0 Å². The van der Waals surface area contributed by atoms with Gasteiger partial charge in [-0.05, 0) is 18.2 Å². The summed E-state index contributed by atoms with van der Waals surface area (Å²) in [5.74, 6) is 0.131. The fourth-order valence-electron chi connectivity index (χ4n) is 1.65. The molecule has 1 amide bonds. The van der Waals surface area contributed by atoms with E-state index in [9.17, 15) is 4.79 Å². The van der Waals surface area contributed by atoms with Crippen molar-refractivity contribution in [3.05, 3.63) is 59.7 Å². The van der Waals surface area contributed by atoms with Crippen LogP contribution in [0.5, 0.6) is 5.75 Å². The Morgan fingerprint density at radius 2 is 1.72 bits per heavy atom. The molecular weight excluding hydrogens is 228 g/mol. The molecular formula is C14H14N2O2. The Morgan fingerprint density at radius 3 is 2.44 bits per heavy atom. The van der Waals surface area contributed by atoms with E-state index in [1.165, 1.54) is 0 Å². The van der Waals surface area contributed by atoms with Crippen molar-refractivity contribution >= 4 is 11.6 Å². The van der Waals surface area contributed by atoms with Crippen LogP contribution in [0.4, 0.5) is 5.69 Å². The van der Waals surface area contributed by atoms with Gasteiger partial charge in [0.25, 0.3) is 0 Å². The average Bonchev–Trinajstić information content (AvgIpc) is 2.38. The molecule has 4 nitrogen and oxygen atoms in total. The van der Waals surface area contributed by atoms with Crippen LogP contribution in [0.2, 0.25) is 0 Å². The van der Waals surface area contributed by atoms with Crippen molar-refractivity contribution in [1.29, 1.82) is 0 Å². The van der Waals surface area contributed by atoms with E-state index in [0.717, 1.165) is 5.56 Å². The third kappa shape index (κ3) is 2.60. The van der Waals surface area contributed by atoms with Crippen LogP contribution in [0.3, 0.4) is 0 Å². The number of carbonyl (C=O) groups is 1. The SMILES string of the molecule is NC(=O)c1ccccc1COc1ccccc1N. The minimum atomic E-state index is -0.463. The zero-order valence-electron chi connectivity index (χ0n) is 9.80. The topological polar surface area (TPSA) is 78.3 Å². The average molecular weight is 242 g/mol. The summed E-state index contributed by atoms with van der Waals surface area (Å²) < 4.78 is 5.58. The van der Waals surface area contributed by atoms with E-state index in [1.54, 1.807) is 30.3 Å². The van der Waals surface area contributed by atoms with Crippen LogP contribution in [0.1, 0.15) is 15.9 Å². The van der Waals surface area contributed by atoms with Gasteiger partial charge < -0.3 is 16.2 Å². The number of hydrogen-bond acceptors (Lipinski definition) is 3. The zero-order chi connectivity index (χ0) is 13.0. The number of amides is 1. The Kier molecular flexibility index (Phi) is 3.48. The Morgan fingerprint density at radius 1 is 1.06 bits per heavy atom. The summed E-state index contributed by atoms with van der Waals surface area (Å²) in [5.41, 5.74) is 12.8. The lowest BCUT2D eigenvalue weighted by Gasteiger charge is -2.10. The van der Waals surface area contributed by atoms with Crippen LogP contribution < -0.4 is 16.2 Å². The van der Waals surface area contributed by atoms with Gasteiger partial charge in [-0.15, -0.1) is 0 Å². The molecule has 2 aromatic carbocycles. The van der Waals surface area contributed by atoms with Crippen LogP contribution in [0, 0.1) is 0 Å². The maximum absolute atomic E-state index is 11.2. The molecule has 0 bridgehead atoms. The van der Waals surface area contributed by atoms with Crippen LogP contribution >= 0.6 is 0 Å². The normalized spacial score (nSPS) is 10.0. The molecule has 2 aromatic rings. The van der Waals surface area contributed by atoms with E-state index in [2.05, 4.69) is 0 Å². The third-order valence-electron chi connectivity index (χ3n) is 2.59. The minimum absolute atomic E-state index is 0.257. The number of hydrogen-bond donors (Lipinski definition) is 2. The largest absolute Gasteiger partial charge is 0.487 e. The van der Waals surface area contributed by atoms with Crippen LogP contribution in [0.15, 0.2) is 48.5 Å². The summed E-state index contributed by atoms with van der Waals surface area (Å²) in [6.45, 7) is 0.257. The van der Waals surface area contributed by atoms with Crippen LogP contribution in [-0.2, 0) is 6.61 Å². The first-order valence-corrected chi connectivity index (χ1v) is 5.53. The van der Waals surface area contributed by atoms with Gasteiger partial charge in [0.1, 0.15) is 12.4 Å². The first-order valence-electron chi connectivity index (χ1n) is 5.53. The summed E-state index contributed by atoms with van der Waals surface area (Å²) in [6, 6.07) is 14.3. The lowest BCUT2D eigenvalue weighted by atomic mass is 10.1. The number of anilines is 1. The number of benzene rings is 2. The first-order chi connectivity index (χ1) is 8.68. The van der Waals surface area contributed by atoms with Crippen molar-refractivity contribution in [2.24, 2.45) is 5.73 Å². The van der Waals surface area contributed by atoms with Gasteiger partial charge in [-0.25, -0.2) is 0 Å². The number of carbonyl (C=O) groups excluding carboxylic acids is 1. The van der Waals surface area contributed by atoms with Gasteiger partial charge in [-0.3, -0.25) is 4.79 Å². The molecule has 0 fully saturated rings. The van der Waals surface area contributed by atoms with Gasteiger partial charge in [0.05, 0.1) is 5.69 Å².